The predicted octanol–water partition coefficient (Wildman–Crippen LogP) is 3.79. The van der Waals surface area contributed by atoms with Gasteiger partial charge in [0, 0.05) is 5.92 Å². The molecule has 0 bridgehead atoms. The number of allylic oxidation sites excluding steroid dienone is 1. The molecule has 1 heteroatoms. The summed E-state index contributed by atoms with van der Waals surface area (Å²) < 4.78 is 6.16. The van der Waals surface area contributed by atoms with E-state index >= 15 is 0 Å². The normalized spacial score (nSPS) is 50.7. The fraction of sp³-hybridized carbons (Fsp3) is 0.867. The third kappa shape index (κ3) is 1.33. The minimum Gasteiger partial charge on any atom is -0.371 e. The van der Waals surface area contributed by atoms with Crippen molar-refractivity contribution in [2.24, 2.45) is 23.7 Å². The van der Waals surface area contributed by atoms with E-state index in [9.17, 15) is 0 Å². The summed E-state index contributed by atoms with van der Waals surface area (Å²) >= 11 is 0. The topological polar surface area (TPSA) is 9.23 Å². The second-order valence-electron chi connectivity index (χ2n) is 6.74. The van der Waals surface area contributed by atoms with Gasteiger partial charge in [-0.05, 0) is 50.9 Å². The van der Waals surface area contributed by atoms with Gasteiger partial charge in [0.1, 0.15) is 0 Å². The average Bonchev–Trinajstić information content (AvgIpc) is 2.14. The van der Waals surface area contributed by atoms with Crippen LogP contribution < -0.4 is 0 Å². The zero-order valence-electron chi connectivity index (χ0n) is 11.0. The summed E-state index contributed by atoms with van der Waals surface area (Å²) in [6, 6.07) is 0. The summed E-state index contributed by atoms with van der Waals surface area (Å²) in [7, 11) is 0. The Balaban J connectivity index is 1.93. The van der Waals surface area contributed by atoms with E-state index in [0.717, 1.165) is 23.7 Å². The van der Waals surface area contributed by atoms with E-state index in [2.05, 4.69) is 33.8 Å². The van der Waals surface area contributed by atoms with Crippen LogP contribution in [0, 0.1) is 23.7 Å². The predicted molar refractivity (Wildman–Crippen MR) is 66.2 cm³/mol. The van der Waals surface area contributed by atoms with E-state index in [-0.39, 0.29) is 5.60 Å². The van der Waals surface area contributed by atoms with Gasteiger partial charge in [-0.1, -0.05) is 25.5 Å². The van der Waals surface area contributed by atoms with Crippen molar-refractivity contribution in [3.05, 3.63) is 11.6 Å². The average molecular weight is 220 g/mol. The first-order valence-corrected chi connectivity index (χ1v) is 6.86. The van der Waals surface area contributed by atoms with Crippen LogP contribution in [0.25, 0.3) is 0 Å². The molecule has 2 aliphatic carbocycles. The molecule has 1 saturated carbocycles. The zero-order chi connectivity index (χ0) is 11.5. The maximum Gasteiger partial charge on any atom is 0.0717 e. The van der Waals surface area contributed by atoms with Crippen molar-refractivity contribution in [3.63, 3.8) is 0 Å². The molecule has 1 saturated heterocycles. The highest BCUT2D eigenvalue weighted by Crippen LogP contribution is 2.58. The standard InChI is InChI=1S/C15H24O/c1-9(2)11-5-6-15(4)14-12(11)7-10(3)8-13(14)16-15/h7,9,11-14H,5-6,8H2,1-4H3/t11-,12-,13-,14+,15+/m0/s1. The van der Waals surface area contributed by atoms with Gasteiger partial charge in [-0.15, -0.1) is 0 Å². The lowest BCUT2D eigenvalue weighted by Crippen LogP contribution is -2.65. The van der Waals surface area contributed by atoms with Gasteiger partial charge in [0.05, 0.1) is 11.7 Å². The Hall–Kier alpha value is -0.300. The van der Waals surface area contributed by atoms with E-state index in [1.54, 1.807) is 5.57 Å². The summed E-state index contributed by atoms with van der Waals surface area (Å²) in [6.45, 7) is 9.40. The molecule has 2 fully saturated rings. The van der Waals surface area contributed by atoms with E-state index in [0.29, 0.717) is 6.10 Å². The highest BCUT2D eigenvalue weighted by atomic mass is 16.5. The molecule has 0 radical (unpaired) electrons. The first kappa shape index (κ1) is 10.8. The Morgan fingerprint density at radius 1 is 1.44 bits per heavy atom. The van der Waals surface area contributed by atoms with Gasteiger partial charge in [0.25, 0.3) is 0 Å². The summed E-state index contributed by atoms with van der Waals surface area (Å²) in [5.41, 5.74) is 1.78. The van der Waals surface area contributed by atoms with Crippen LogP contribution in [-0.4, -0.2) is 11.7 Å². The van der Waals surface area contributed by atoms with E-state index in [1.807, 2.05) is 0 Å². The van der Waals surface area contributed by atoms with Crippen LogP contribution in [0.3, 0.4) is 0 Å². The summed E-state index contributed by atoms with van der Waals surface area (Å²) in [6.07, 6.45) is 6.93. The largest absolute Gasteiger partial charge is 0.371 e. The molecule has 3 aliphatic rings. The van der Waals surface area contributed by atoms with Crippen molar-refractivity contribution in [1.29, 1.82) is 0 Å². The van der Waals surface area contributed by atoms with Crippen LogP contribution >= 0.6 is 0 Å². The van der Waals surface area contributed by atoms with Gasteiger partial charge in [-0.3, -0.25) is 0 Å². The van der Waals surface area contributed by atoms with Crippen molar-refractivity contribution < 1.29 is 4.74 Å². The third-order valence-electron chi connectivity index (χ3n) is 5.27. The van der Waals surface area contributed by atoms with Crippen LogP contribution in [0.2, 0.25) is 0 Å². The molecule has 16 heavy (non-hydrogen) atoms. The SMILES string of the molecule is CC1=C[C@@H]2[C@@H]3[C@H](C1)O[C@]3(C)CC[C@H]2C(C)C. The molecule has 1 nitrogen and oxygen atoms in total. The van der Waals surface area contributed by atoms with Crippen molar-refractivity contribution in [3.8, 4) is 0 Å². The second kappa shape index (κ2) is 3.35. The van der Waals surface area contributed by atoms with Crippen molar-refractivity contribution >= 4 is 0 Å². The molecule has 0 aromatic rings. The number of hydrogen-bond donors (Lipinski definition) is 0. The van der Waals surface area contributed by atoms with E-state index in [1.165, 1.54) is 19.3 Å². The molecule has 90 valence electrons. The van der Waals surface area contributed by atoms with Gasteiger partial charge < -0.3 is 4.74 Å². The Morgan fingerprint density at radius 2 is 2.19 bits per heavy atom. The first-order valence-electron chi connectivity index (χ1n) is 6.86. The smallest absolute Gasteiger partial charge is 0.0717 e. The lowest BCUT2D eigenvalue weighted by molar-refractivity contribution is -0.290. The zero-order valence-corrected chi connectivity index (χ0v) is 11.0. The lowest BCUT2D eigenvalue weighted by atomic mass is 9.54. The molecule has 3 rings (SSSR count). The minimum absolute atomic E-state index is 0.220. The Labute approximate surface area is 99.3 Å². The lowest BCUT2D eigenvalue weighted by Gasteiger charge is -2.63. The Morgan fingerprint density at radius 3 is 2.88 bits per heavy atom. The van der Waals surface area contributed by atoms with Crippen molar-refractivity contribution in [2.45, 2.75) is 58.7 Å². The van der Waals surface area contributed by atoms with Crippen LogP contribution in [-0.2, 0) is 4.74 Å². The van der Waals surface area contributed by atoms with Gasteiger partial charge in [-0.25, -0.2) is 0 Å². The molecule has 0 aromatic carbocycles. The van der Waals surface area contributed by atoms with Crippen LogP contribution in [0.4, 0.5) is 0 Å². The maximum absolute atomic E-state index is 6.16. The van der Waals surface area contributed by atoms with Crippen molar-refractivity contribution in [2.75, 3.05) is 0 Å². The molecule has 0 unspecified atom stereocenters. The molecule has 0 spiro atoms. The highest BCUT2D eigenvalue weighted by Gasteiger charge is 2.59. The van der Waals surface area contributed by atoms with Gasteiger partial charge in [0.15, 0.2) is 0 Å². The number of hydrogen-bond acceptors (Lipinski definition) is 1. The summed E-state index contributed by atoms with van der Waals surface area (Å²) in [5, 5.41) is 0. The molecule has 5 atom stereocenters. The Bertz CT molecular complexity index is 330. The molecule has 0 amide bonds. The fourth-order valence-corrected chi connectivity index (χ4v) is 4.50. The Kier molecular flexibility index (Phi) is 2.27. The molecular weight excluding hydrogens is 196 g/mol. The van der Waals surface area contributed by atoms with Gasteiger partial charge >= 0.3 is 0 Å². The number of ether oxygens (including phenoxy) is 1. The second-order valence-corrected chi connectivity index (χ2v) is 6.74. The van der Waals surface area contributed by atoms with E-state index in [4.69, 9.17) is 4.74 Å². The van der Waals surface area contributed by atoms with E-state index < -0.39 is 0 Å². The maximum atomic E-state index is 6.16. The van der Waals surface area contributed by atoms with Crippen LogP contribution in [0.5, 0.6) is 0 Å². The summed E-state index contributed by atoms with van der Waals surface area (Å²) in [4.78, 5) is 0. The quantitative estimate of drug-likeness (QED) is 0.611. The molecule has 1 aliphatic heterocycles. The molecular formula is C15H24O. The van der Waals surface area contributed by atoms with Crippen LogP contribution in [0.15, 0.2) is 11.6 Å². The summed E-state index contributed by atoms with van der Waals surface area (Å²) in [5.74, 6) is 3.32. The van der Waals surface area contributed by atoms with Crippen molar-refractivity contribution in [1.82, 2.24) is 0 Å². The number of rotatable bonds is 1. The highest BCUT2D eigenvalue weighted by molar-refractivity contribution is 5.21. The molecule has 1 heterocycles. The minimum atomic E-state index is 0.220. The monoisotopic (exact) mass is 220 g/mol. The molecule has 0 N–H and O–H groups in total. The van der Waals surface area contributed by atoms with Gasteiger partial charge in [-0.2, -0.15) is 0 Å². The van der Waals surface area contributed by atoms with Crippen LogP contribution in [0.1, 0.15) is 47.0 Å². The fourth-order valence-electron chi connectivity index (χ4n) is 4.50. The van der Waals surface area contributed by atoms with Gasteiger partial charge in [0.2, 0.25) is 0 Å². The molecule has 0 aromatic heterocycles. The first-order chi connectivity index (χ1) is 7.51. The third-order valence-corrected chi connectivity index (χ3v) is 5.27.